The molecule has 2 aromatic rings. The average Bonchev–Trinajstić information content (AvgIpc) is 2.72. The fourth-order valence-corrected chi connectivity index (χ4v) is 3.54. The second-order valence-corrected chi connectivity index (χ2v) is 7.87. The number of rotatable bonds is 11. The van der Waals surface area contributed by atoms with E-state index in [1.807, 2.05) is 6.92 Å². The first-order valence-electron chi connectivity index (χ1n) is 9.11. The van der Waals surface area contributed by atoms with Crippen LogP contribution in [0.3, 0.4) is 0 Å². The van der Waals surface area contributed by atoms with Crippen molar-refractivity contribution < 1.29 is 32.6 Å². The number of benzene rings is 2. The third kappa shape index (κ3) is 6.43. The van der Waals surface area contributed by atoms with Gasteiger partial charge < -0.3 is 14.6 Å². The number of hydrogen-bond donors (Lipinski definition) is 2. The first kappa shape index (κ1) is 23.1. The SMILES string of the molecule is CCOc1cc(/C=C/C(=O)c2ccc(S(=O)(=O)NCCC(=O)O)cc2)ccc1OC. The topological polar surface area (TPSA) is 119 Å². The molecule has 2 aromatic carbocycles. The molecule has 0 aliphatic rings. The number of carboxylic acids is 1. The van der Waals surface area contributed by atoms with E-state index in [0.717, 1.165) is 5.56 Å². The first-order chi connectivity index (χ1) is 14.3. The van der Waals surface area contributed by atoms with Gasteiger partial charge in [-0.05, 0) is 55.0 Å². The highest BCUT2D eigenvalue weighted by Crippen LogP contribution is 2.28. The van der Waals surface area contributed by atoms with Gasteiger partial charge in [0.1, 0.15) is 0 Å². The summed E-state index contributed by atoms with van der Waals surface area (Å²) in [4.78, 5) is 22.8. The lowest BCUT2D eigenvalue weighted by atomic mass is 10.1. The van der Waals surface area contributed by atoms with Crippen molar-refractivity contribution in [1.82, 2.24) is 4.72 Å². The number of nitrogens with one attached hydrogen (secondary N) is 1. The van der Waals surface area contributed by atoms with Crippen LogP contribution in [0.2, 0.25) is 0 Å². The zero-order valence-corrected chi connectivity index (χ0v) is 17.4. The van der Waals surface area contributed by atoms with Gasteiger partial charge in [-0.1, -0.05) is 12.1 Å². The third-order valence-electron chi connectivity index (χ3n) is 3.99. The van der Waals surface area contributed by atoms with Crippen LogP contribution in [0, 0.1) is 0 Å². The number of aliphatic carboxylic acids is 1. The van der Waals surface area contributed by atoms with Crippen LogP contribution in [0.25, 0.3) is 6.08 Å². The molecule has 0 atom stereocenters. The van der Waals surface area contributed by atoms with Crippen LogP contribution in [0.15, 0.2) is 53.4 Å². The van der Waals surface area contributed by atoms with Crippen LogP contribution in [0.4, 0.5) is 0 Å². The van der Waals surface area contributed by atoms with Gasteiger partial charge in [0.05, 0.1) is 25.0 Å². The minimum absolute atomic E-state index is 0.0510. The number of ether oxygens (including phenoxy) is 2. The molecule has 30 heavy (non-hydrogen) atoms. The molecule has 9 heteroatoms. The Morgan fingerprint density at radius 2 is 1.80 bits per heavy atom. The first-order valence-corrected chi connectivity index (χ1v) is 10.6. The van der Waals surface area contributed by atoms with Crippen molar-refractivity contribution in [2.75, 3.05) is 20.3 Å². The number of ketones is 1. The highest BCUT2D eigenvalue weighted by Gasteiger charge is 2.14. The largest absolute Gasteiger partial charge is 0.493 e. The van der Waals surface area contributed by atoms with E-state index >= 15 is 0 Å². The Bertz CT molecular complexity index is 1030. The zero-order chi connectivity index (χ0) is 22.1. The fraction of sp³-hybridized carbons (Fsp3) is 0.238. The smallest absolute Gasteiger partial charge is 0.304 e. The second-order valence-electron chi connectivity index (χ2n) is 6.11. The van der Waals surface area contributed by atoms with Crippen LogP contribution < -0.4 is 14.2 Å². The summed E-state index contributed by atoms with van der Waals surface area (Å²) in [5.74, 6) is -0.240. The van der Waals surface area contributed by atoms with Crippen LogP contribution in [-0.2, 0) is 14.8 Å². The average molecular weight is 433 g/mol. The molecular formula is C21H23NO7S. The normalized spacial score (nSPS) is 11.4. The Kier molecular flexibility index (Phi) is 8.14. The summed E-state index contributed by atoms with van der Waals surface area (Å²) in [5.41, 5.74) is 1.06. The van der Waals surface area contributed by atoms with Crippen molar-refractivity contribution in [3.8, 4) is 11.5 Å². The van der Waals surface area contributed by atoms with Gasteiger partial charge in [-0.25, -0.2) is 13.1 Å². The van der Waals surface area contributed by atoms with Crippen molar-refractivity contribution in [2.24, 2.45) is 0 Å². The standard InChI is InChI=1S/C21H23NO7S/c1-3-29-20-14-15(5-11-19(20)28-2)4-10-18(23)16-6-8-17(9-7-16)30(26,27)22-13-12-21(24)25/h4-11,14,22H,3,12-13H2,1-2H3,(H,24,25)/b10-4+. The quantitative estimate of drug-likeness (QED) is 0.413. The van der Waals surface area contributed by atoms with Crippen molar-refractivity contribution in [1.29, 1.82) is 0 Å². The molecule has 0 spiro atoms. The molecule has 0 fully saturated rings. The molecule has 160 valence electrons. The van der Waals surface area contributed by atoms with Gasteiger partial charge in [0, 0.05) is 12.1 Å². The molecule has 0 unspecified atom stereocenters. The zero-order valence-electron chi connectivity index (χ0n) is 16.6. The van der Waals surface area contributed by atoms with E-state index < -0.39 is 16.0 Å². The summed E-state index contributed by atoms with van der Waals surface area (Å²) < 4.78 is 37.2. The van der Waals surface area contributed by atoms with E-state index in [1.165, 1.54) is 30.3 Å². The van der Waals surface area contributed by atoms with Crippen LogP contribution >= 0.6 is 0 Å². The van der Waals surface area contributed by atoms with Gasteiger partial charge in [0.15, 0.2) is 17.3 Å². The second kappa shape index (κ2) is 10.6. The van der Waals surface area contributed by atoms with Gasteiger partial charge in [0.25, 0.3) is 0 Å². The minimum Gasteiger partial charge on any atom is -0.493 e. The summed E-state index contributed by atoms with van der Waals surface area (Å²) in [7, 11) is -2.29. The van der Waals surface area contributed by atoms with Crippen LogP contribution in [-0.4, -0.2) is 45.5 Å². The van der Waals surface area contributed by atoms with Crippen molar-refractivity contribution in [3.63, 3.8) is 0 Å². The lowest BCUT2D eigenvalue weighted by Gasteiger charge is -2.09. The van der Waals surface area contributed by atoms with E-state index in [9.17, 15) is 18.0 Å². The predicted molar refractivity (Wildman–Crippen MR) is 111 cm³/mol. The third-order valence-corrected chi connectivity index (χ3v) is 5.47. The minimum atomic E-state index is -3.84. The molecule has 0 radical (unpaired) electrons. The molecule has 0 amide bonds. The van der Waals surface area contributed by atoms with E-state index in [-0.39, 0.29) is 23.6 Å². The Morgan fingerprint density at radius 3 is 2.40 bits per heavy atom. The van der Waals surface area contributed by atoms with Gasteiger partial charge in [0.2, 0.25) is 10.0 Å². The summed E-state index contributed by atoms with van der Waals surface area (Å²) in [6.07, 6.45) is 2.69. The number of sulfonamides is 1. The number of carbonyl (C=O) groups is 2. The molecule has 0 saturated heterocycles. The van der Waals surface area contributed by atoms with Gasteiger partial charge in [-0.2, -0.15) is 0 Å². The molecular weight excluding hydrogens is 410 g/mol. The molecule has 8 nitrogen and oxygen atoms in total. The Labute approximate surface area is 175 Å². The highest BCUT2D eigenvalue weighted by atomic mass is 32.2. The summed E-state index contributed by atoms with van der Waals surface area (Å²) in [6.45, 7) is 2.12. The van der Waals surface area contributed by atoms with E-state index in [1.54, 1.807) is 31.4 Å². The number of carbonyl (C=O) groups excluding carboxylic acids is 1. The Morgan fingerprint density at radius 1 is 1.10 bits per heavy atom. The Hall–Kier alpha value is -3.17. The monoisotopic (exact) mass is 433 g/mol. The maximum absolute atomic E-state index is 12.4. The number of carboxylic acid groups (broad SMARTS) is 1. The summed E-state index contributed by atoms with van der Waals surface area (Å²) in [6, 6.07) is 10.7. The summed E-state index contributed by atoms with van der Waals surface area (Å²) >= 11 is 0. The van der Waals surface area contributed by atoms with E-state index in [4.69, 9.17) is 14.6 Å². The Balaban J connectivity index is 2.09. The van der Waals surface area contributed by atoms with Gasteiger partial charge >= 0.3 is 5.97 Å². The van der Waals surface area contributed by atoms with Gasteiger partial charge in [-0.15, -0.1) is 0 Å². The molecule has 2 rings (SSSR count). The number of hydrogen-bond acceptors (Lipinski definition) is 6. The fourth-order valence-electron chi connectivity index (χ4n) is 2.51. The lowest BCUT2D eigenvalue weighted by molar-refractivity contribution is -0.136. The number of allylic oxidation sites excluding steroid dienone is 1. The van der Waals surface area contributed by atoms with Crippen molar-refractivity contribution >= 4 is 27.9 Å². The van der Waals surface area contributed by atoms with Crippen molar-refractivity contribution in [2.45, 2.75) is 18.2 Å². The van der Waals surface area contributed by atoms with E-state index in [0.29, 0.717) is 23.7 Å². The number of methoxy groups -OCH3 is 1. The van der Waals surface area contributed by atoms with Crippen LogP contribution in [0.1, 0.15) is 29.3 Å². The molecule has 0 aliphatic heterocycles. The molecule has 0 aromatic heterocycles. The molecule has 0 bridgehead atoms. The van der Waals surface area contributed by atoms with Crippen molar-refractivity contribution in [3.05, 3.63) is 59.7 Å². The van der Waals surface area contributed by atoms with Crippen LogP contribution in [0.5, 0.6) is 11.5 Å². The lowest BCUT2D eigenvalue weighted by Crippen LogP contribution is -2.26. The van der Waals surface area contributed by atoms with Gasteiger partial charge in [-0.3, -0.25) is 9.59 Å². The maximum atomic E-state index is 12.4. The molecule has 0 heterocycles. The molecule has 2 N–H and O–H groups in total. The highest BCUT2D eigenvalue weighted by molar-refractivity contribution is 7.89. The molecule has 0 aliphatic carbocycles. The summed E-state index contributed by atoms with van der Waals surface area (Å²) in [5, 5.41) is 8.59. The molecule has 0 saturated carbocycles. The maximum Gasteiger partial charge on any atom is 0.304 e. The predicted octanol–water partition coefficient (Wildman–Crippen LogP) is 2.74. The van der Waals surface area contributed by atoms with E-state index in [2.05, 4.69) is 4.72 Å².